The third-order valence-corrected chi connectivity index (χ3v) is 2.70. The predicted octanol–water partition coefficient (Wildman–Crippen LogP) is 2.51. The molecule has 1 rings (SSSR count). The van der Waals surface area contributed by atoms with Crippen LogP contribution >= 0.6 is 11.6 Å². The maximum absolute atomic E-state index is 12.1. The molecule has 0 radical (unpaired) electrons. The second-order valence-electron chi connectivity index (χ2n) is 4.39. The van der Waals surface area contributed by atoms with Crippen molar-refractivity contribution in [2.24, 2.45) is 0 Å². The first-order chi connectivity index (χ1) is 11.0. The van der Waals surface area contributed by atoms with E-state index in [0.717, 1.165) is 0 Å². The Morgan fingerprint density at radius 3 is 2.43 bits per heavy atom. The van der Waals surface area contributed by atoms with E-state index in [1.165, 1.54) is 0 Å². The minimum Gasteiger partial charge on any atom is -0.490 e. The average Bonchev–Trinajstić information content (AvgIpc) is 2.52. The average molecular weight is 342 g/mol. The van der Waals surface area contributed by atoms with Gasteiger partial charge in [-0.15, -0.1) is 0 Å². The summed E-state index contributed by atoms with van der Waals surface area (Å²) in [5, 5.41) is 2.67. The molecule has 0 atom stereocenters. The first kappa shape index (κ1) is 18.8. The van der Waals surface area contributed by atoms with Crippen LogP contribution < -0.4 is 14.8 Å². The monoisotopic (exact) mass is 341 g/mol. The van der Waals surface area contributed by atoms with Crippen LogP contribution in [0.2, 0.25) is 0 Å². The zero-order valence-electron chi connectivity index (χ0n) is 13.2. The Labute approximate surface area is 140 Å². The molecule has 0 heterocycles. The summed E-state index contributed by atoms with van der Waals surface area (Å²) in [6, 6.07) is 4.81. The number of rotatable bonds is 9. The number of benzene rings is 1. The molecule has 6 nitrogen and oxygen atoms in total. The molecule has 0 spiro atoms. The van der Waals surface area contributed by atoms with Gasteiger partial charge in [0.25, 0.3) is 5.91 Å². The maximum Gasteiger partial charge on any atom is 0.325 e. The van der Waals surface area contributed by atoms with Crippen molar-refractivity contribution in [1.82, 2.24) is 5.32 Å². The van der Waals surface area contributed by atoms with Crippen LogP contribution in [0.15, 0.2) is 29.8 Å². The molecule has 0 aliphatic rings. The Balaban J connectivity index is 2.66. The smallest absolute Gasteiger partial charge is 0.325 e. The van der Waals surface area contributed by atoms with Crippen molar-refractivity contribution >= 4 is 23.5 Å². The Kier molecular flexibility index (Phi) is 7.97. The van der Waals surface area contributed by atoms with E-state index in [9.17, 15) is 9.59 Å². The van der Waals surface area contributed by atoms with Crippen molar-refractivity contribution in [2.75, 3.05) is 26.4 Å². The molecule has 1 N–H and O–H groups in total. The van der Waals surface area contributed by atoms with E-state index < -0.39 is 11.9 Å². The van der Waals surface area contributed by atoms with Crippen LogP contribution in [-0.4, -0.2) is 38.2 Å². The summed E-state index contributed by atoms with van der Waals surface area (Å²) in [5.41, 5.74) is 0.353. The van der Waals surface area contributed by atoms with Crippen molar-refractivity contribution < 1.29 is 23.8 Å². The van der Waals surface area contributed by atoms with E-state index in [2.05, 4.69) is 11.9 Å². The van der Waals surface area contributed by atoms with Crippen LogP contribution in [0.5, 0.6) is 11.5 Å². The summed E-state index contributed by atoms with van der Waals surface area (Å²) in [6.45, 7) is 7.67. The third kappa shape index (κ3) is 6.61. The fraction of sp³-hybridized carbons (Fsp3) is 0.375. The highest BCUT2D eigenvalue weighted by molar-refractivity contribution is 6.29. The lowest BCUT2D eigenvalue weighted by Crippen LogP contribution is -2.30. The zero-order chi connectivity index (χ0) is 17.2. The quantitative estimate of drug-likeness (QED) is 0.699. The van der Waals surface area contributed by atoms with Gasteiger partial charge in [-0.2, -0.15) is 0 Å². The van der Waals surface area contributed by atoms with E-state index in [0.29, 0.717) is 30.3 Å². The van der Waals surface area contributed by atoms with Crippen molar-refractivity contribution in [1.29, 1.82) is 0 Å². The number of ether oxygens (including phenoxy) is 3. The molecule has 7 heteroatoms. The molecule has 1 amide bonds. The number of carbonyl (C=O) groups is 2. The molecular weight excluding hydrogens is 322 g/mol. The predicted molar refractivity (Wildman–Crippen MR) is 87.1 cm³/mol. The number of amides is 1. The van der Waals surface area contributed by atoms with Crippen LogP contribution in [0.4, 0.5) is 0 Å². The van der Waals surface area contributed by atoms with Crippen molar-refractivity contribution in [3.05, 3.63) is 35.4 Å². The molecule has 0 fully saturated rings. The molecule has 1 aromatic carbocycles. The minimum absolute atomic E-state index is 0.0895. The molecule has 0 aliphatic heterocycles. The van der Waals surface area contributed by atoms with Gasteiger partial charge in [0.2, 0.25) is 0 Å². The normalized spacial score (nSPS) is 9.87. The van der Waals surface area contributed by atoms with Crippen molar-refractivity contribution in [2.45, 2.75) is 13.8 Å². The van der Waals surface area contributed by atoms with Gasteiger partial charge in [-0.05, 0) is 32.0 Å². The Bertz CT molecular complexity index is 574. The van der Waals surface area contributed by atoms with E-state index in [1.54, 1.807) is 18.2 Å². The molecular formula is C16H20ClNO5. The Hall–Kier alpha value is -2.21. The molecule has 0 bridgehead atoms. The summed E-state index contributed by atoms with van der Waals surface area (Å²) in [6.07, 6.45) is 0. The fourth-order valence-corrected chi connectivity index (χ4v) is 1.71. The first-order valence-corrected chi connectivity index (χ1v) is 7.52. The lowest BCUT2D eigenvalue weighted by molar-refractivity contribution is -0.141. The standard InChI is InChI=1S/C16H20ClNO5/c1-4-21-13-7-6-12(8-14(13)22-5-2)16(20)18-9-15(19)23-10-11(3)17/h6-8H,3-5,9-10H2,1-2H3,(H,18,20). The van der Waals surface area contributed by atoms with Crippen molar-refractivity contribution in [3.63, 3.8) is 0 Å². The van der Waals surface area contributed by atoms with Crippen LogP contribution in [0.3, 0.4) is 0 Å². The van der Waals surface area contributed by atoms with Gasteiger partial charge in [-0.25, -0.2) is 0 Å². The van der Waals surface area contributed by atoms with E-state index in [4.69, 9.17) is 25.8 Å². The molecule has 0 saturated carbocycles. The largest absolute Gasteiger partial charge is 0.490 e. The van der Waals surface area contributed by atoms with Gasteiger partial charge >= 0.3 is 5.97 Å². The van der Waals surface area contributed by atoms with Gasteiger partial charge in [-0.1, -0.05) is 18.2 Å². The molecule has 0 unspecified atom stereocenters. The maximum atomic E-state index is 12.1. The Morgan fingerprint density at radius 1 is 1.17 bits per heavy atom. The summed E-state index contributed by atoms with van der Waals surface area (Å²) in [4.78, 5) is 23.5. The highest BCUT2D eigenvalue weighted by Gasteiger charge is 2.13. The molecule has 0 aliphatic carbocycles. The number of carbonyl (C=O) groups excluding carboxylic acids is 2. The molecule has 1 aromatic rings. The molecule has 126 valence electrons. The van der Waals surface area contributed by atoms with Gasteiger partial charge in [0.1, 0.15) is 13.2 Å². The SMILES string of the molecule is C=C(Cl)COC(=O)CNC(=O)c1ccc(OCC)c(OCC)c1. The summed E-state index contributed by atoms with van der Waals surface area (Å²) >= 11 is 5.48. The number of halogens is 1. The zero-order valence-corrected chi connectivity index (χ0v) is 13.9. The van der Waals surface area contributed by atoms with Gasteiger partial charge < -0.3 is 19.5 Å². The van der Waals surface area contributed by atoms with Crippen molar-refractivity contribution in [3.8, 4) is 11.5 Å². The number of hydrogen-bond acceptors (Lipinski definition) is 5. The first-order valence-electron chi connectivity index (χ1n) is 7.14. The lowest BCUT2D eigenvalue weighted by atomic mass is 10.2. The van der Waals surface area contributed by atoms with Gasteiger partial charge in [0.05, 0.1) is 13.2 Å². The van der Waals surface area contributed by atoms with Crippen LogP contribution in [0.25, 0.3) is 0 Å². The fourth-order valence-electron chi connectivity index (χ4n) is 1.66. The van der Waals surface area contributed by atoms with Gasteiger partial charge in [0, 0.05) is 10.6 Å². The summed E-state index contributed by atoms with van der Waals surface area (Å²) in [7, 11) is 0. The highest BCUT2D eigenvalue weighted by Crippen LogP contribution is 2.28. The number of nitrogens with one attached hydrogen (secondary N) is 1. The lowest BCUT2D eigenvalue weighted by Gasteiger charge is -2.12. The van der Waals surface area contributed by atoms with Crippen LogP contribution in [-0.2, 0) is 9.53 Å². The second-order valence-corrected chi connectivity index (χ2v) is 4.92. The molecule has 0 aromatic heterocycles. The van der Waals surface area contributed by atoms with Gasteiger partial charge in [0.15, 0.2) is 11.5 Å². The summed E-state index contributed by atoms with van der Waals surface area (Å²) < 4.78 is 15.6. The second kappa shape index (κ2) is 9.74. The van der Waals surface area contributed by atoms with E-state index >= 15 is 0 Å². The number of hydrogen-bond donors (Lipinski definition) is 1. The Morgan fingerprint density at radius 2 is 1.83 bits per heavy atom. The van der Waals surface area contributed by atoms with Crippen LogP contribution in [0.1, 0.15) is 24.2 Å². The minimum atomic E-state index is -0.601. The van der Waals surface area contributed by atoms with Gasteiger partial charge in [-0.3, -0.25) is 9.59 Å². The number of esters is 1. The van der Waals surface area contributed by atoms with Crippen LogP contribution in [0, 0.1) is 0 Å². The molecule has 23 heavy (non-hydrogen) atoms. The van der Waals surface area contributed by atoms with E-state index in [-0.39, 0.29) is 18.2 Å². The summed E-state index contributed by atoms with van der Waals surface area (Å²) in [5.74, 6) is 0.0146. The van der Waals surface area contributed by atoms with E-state index in [1.807, 2.05) is 13.8 Å². The topological polar surface area (TPSA) is 73.9 Å². The third-order valence-electron chi connectivity index (χ3n) is 2.59. The molecule has 0 saturated heterocycles. The highest BCUT2D eigenvalue weighted by atomic mass is 35.5.